The van der Waals surface area contributed by atoms with Crippen LogP contribution >= 0.6 is 0 Å². The van der Waals surface area contributed by atoms with E-state index in [1.165, 1.54) is 0 Å². The summed E-state index contributed by atoms with van der Waals surface area (Å²) < 4.78 is 10.7. The molecule has 0 spiro atoms. The second-order valence-electron chi connectivity index (χ2n) is 2.59. The van der Waals surface area contributed by atoms with E-state index in [0.717, 1.165) is 19.6 Å². The molecule has 10 heavy (non-hydrogen) atoms. The molecular formula is C7H15NO2. The first-order valence-electron chi connectivity index (χ1n) is 3.74. The van der Waals surface area contributed by atoms with Crippen molar-refractivity contribution < 1.29 is 9.47 Å². The Balaban J connectivity index is 2.18. The summed E-state index contributed by atoms with van der Waals surface area (Å²) in [5, 5.41) is 3.01. The van der Waals surface area contributed by atoms with Crippen molar-refractivity contribution in [3.8, 4) is 0 Å². The average Bonchev–Trinajstić information content (AvgIpc) is 1.88. The third-order valence-corrected chi connectivity index (χ3v) is 1.58. The minimum Gasteiger partial charge on any atom is -0.351 e. The van der Waals surface area contributed by atoms with E-state index in [4.69, 9.17) is 9.47 Å². The van der Waals surface area contributed by atoms with Crippen LogP contribution in [-0.4, -0.2) is 32.6 Å². The lowest BCUT2D eigenvalue weighted by Crippen LogP contribution is -2.37. The lowest BCUT2D eigenvalue weighted by atomic mass is 10.3. The van der Waals surface area contributed by atoms with Crippen molar-refractivity contribution in [1.29, 1.82) is 0 Å². The lowest BCUT2D eigenvalue weighted by Gasteiger charge is -2.27. The highest BCUT2D eigenvalue weighted by molar-refractivity contribution is 4.59. The molecule has 0 amide bonds. The van der Waals surface area contributed by atoms with Gasteiger partial charge in [0.25, 0.3) is 0 Å². The fourth-order valence-electron chi connectivity index (χ4n) is 1.01. The van der Waals surface area contributed by atoms with E-state index < -0.39 is 0 Å². The van der Waals surface area contributed by atoms with Crippen LogP contribution in [0.1, 0.15) is 13.3 Å². The summed E-state index contributed by atoms with van der Waals surface area (Å²) in [6, 6.07) is 0. The molecule has 3 heteroatoms. The van der Waals surface area contributed by atoms with Crippen LogP contribution in [0.4, 0.5) is 0 Å². The average molecular weight is 145 g/mol. The topological polar surface area (TPSA) is 30.5 Å². The predicted molar refractivity (Wildman–Crippen MR) is 38.8 cm³/mol. The summed E-state index contributed by atoms with van der Waals surface area (Å²) in [6.45, 7) is 3.68. The van der Waals surface area contributed by atoms with Crippen molar-refractivity contribution in [2.45, 2.75) is 25.7 Å². The zero-order chi connectivity index (χ0) is 7.40. The Labute approximate surface area is 61.7 Å². The molecule has 2 unspecified atom stereocenters. The van der Waals surface area contributed by atoms with Crippen LogP contribution in [-0.2, 0) is 9.47 Å². The summed E-state index contributed by atoms with van der Waals surface area (Å²) in [7, 11) is 1.89. The number of hydrogen-bond donors (Lipinski definition) is 1. The number of rotatable bonds is 2. The number of nitrogens with one attached hydrogen (secondary N) is 1. The molecule has 1 fully saturated rings. The normalized spacial score (nSPS) is 34.2. The van der Waals surface area contributed by atoms with Gasteiger partial charge in [-0.2, -0.15) is 0 Å². The van der Waals surface area contributed by atoms with Crippen LogP contribution < -0.4 is 5.32 Å². The van der Waals surface area contributed by atoms with Crippen LogP contribution in [0.3, 0.4) is 0 Å². The highest BCUT2D eigenvalue weighted by Gasteiger charge is 2.17. The van der Waals surface area contributed by atoms with Crippen LogP contribution in [0.25, 0.3) is 0 Å². The van der Waals surface area contributed by atoms with E-state index in [-0.39, 0.29) is 6.29 Å². The molecule has 0 aromatic rings. The van der Waals surface area contributed by atoms with Gasteiger partial charge in [-0.3, -0.25) is 0 Å². The van der Waals surface area contributed by atoms with Crippen molar-refractivity contribution in [2.75, 3.05) is 20.2 Å². The molecule has 1 rings (SSSR count). The molecule has 1 heterocycles. The summed E-state index contributed by atoms with van der Waals surface area (Å²) in [5.74, 6) is 0. The van der Waals surface area contributed by atoms with Gasteiger partial charge >= 0.3 is 0 Å². The fourth-order valence-corrected chi connectivity index (χ4v) is 1.01. The number of ether oxygens (including phenoxy) is 2. The van der Waals surface area contributed by atoms with Gasteiger partial charge in [0.15, 0.2) is 6.29 Å². The zero-order valence-corrected chi connectivity index (χ0v) is 6.59. The van der Waals surface area contributed by atoms with Gasteiger partial charge in [-0.15, -0.1) is 0 Å². The maximum Gasteiger partial charge on any atom is 0.170 e. The summed E-state index contributed by atoms with van der Waals surface area (Å²) >= 11 is 0. The highest BCUT2D eigenvalue weighted by Crippen LogP contribution is 2.10. The van der Waals surface area contributed by atoms with Crippen molar-refractivity contribution in [3.63, 3.8) is 0 Å². The molecule has 1 N–H and O–H groups in total. The largest absolute Gasteiger partial charge is 0.351 e. The molecule has 0 aromatic heterocycles. The maximum absolute atomic E-state index is 5.44. The first-order valence-corrected chi connectivity index (χ1v) is 3.74. The molecule has 0 aliphatic carbocycles. The fraction of sp³-hybridized carbons (Fsp3) is 1.00. The van der Waals surface area contributed by atoms with Gasteiger partial charge in [-0.25, -0.2) is 0 Å². The third-order valence-electron chi connectivity index (χ3n) is 1.58. The van der Waals surface area contributed by atoms with Gasteiger partial charge in [0.2, 0.25) is 0 Å². The van der Waals surface area contributed by atoms with Gasteiger partial charge in [0.05, 0.1) is 12.7 Å². The van der Waals surface area contributed by atoms with Crippen LogP contribution in [0.15, 0.2) is 0 Å². The molecule has 1 aliphatic heterocycles. The van der Waals surface area contributed by atoms with Crippen LogP contribution in [0.5, 0.6) is 0 Å². The maximum atomic E-state index is 5.44. The molecule has 1 saturated heterocycles. The Morgan fingerprint density at radius 3 is 3.00 bits per heavy atom. The second-order valence-corrected chi connectivity index (χ2v) is 2.59. The Morgan fingerprint density at radius 2 is 2.40 bits per heavy atom. The third kappa shape index (κ3) is 2.25. The monoisotopic (exact) mass is 145 g/mol. The Kier molecular flexibility index (Phi) is 3.12. The summed E-state index contributed by atoms with van der Waals surface area (Å²) in [4.78, 5) is 0. The molecule has 0 saturated carbocycles. The van der Waals surface area contributed by atoms with Gasteiger partial charge in [-0.05, 0) is 20.4 Å². The van der Waals surface area contributed by atoms with Gasteiger partial charge in [0, 0.05) is 6.54 Å². The first-order chi connectivity index (χ1) is 4.83. The zero-order valence-electron chi connectivity index (χ0n) is 6.59. The van der Waals surface area contributed by atoms with Crippen LogP contribution in [0.2, 0.25) is 0 Å². The summed E-state index contributed by atoms with van der Waals surface area (Å²) in [5.41, 5.74) is 0. The van der Waals surface area contributed by atoms with Gasteiger partial charge in [-0.1, -0.05) is 0 Å². The standard InChI is InChI=1S/C7H15NO2/c1-6-3-4-9-7(10-6)5-8-2/h6-8H,3-5H2,1-2H3. The molecule has 0 bridgehead atoms. The van der Waals surface area contributed by atoms with Crippen molar-refractivity contribution in [2.24, 2.45) is 0 Å². The Bertz CT molecular complexity index is 95.6. The molecule has 60 valence electrons. The molecule has 2 atom stereocenters. The first kappa shape index (κ1) is 7.98. The lowest BCUT2D eigenvalue weighted by molar-refractivity contribution is -0.203. The SMILES string of the molecule is CNCC1OCCC(C)O1. The van der Waals surface area contributed by atoms with E-state index in [1.54, 1.807) is 0 Å². The van der Waals surface area contributed by atoms with Crippen molar-refractivity contribution >= 4 is 0 Å². The molecule has 0 radical (unpaired) electrons. The quantitative estimate of drug-likeness (QED) is 0.608. The highest BCUT2D eigenvalue weighted by atomic mass is 16.7. The van der Waals surface area contributed by atoms with Crippen LogP contribution in [0, 0.1) is 0 Å². The minimum absolute atomic E-state index is 0.0336. The Morgan fingerprint density at radius 1 is 1.60 bits per heavy atom. The molecule has 0 aromatic carbocycles. The van der Waals surface area contributed by atoms with E-state index in [1.807, 2.05) is 7.05 Å². The van der Waals surface area contributed by atoms with Crippen molar-refractivity contribution in [1.82, 2.24) is 5.32 Å². The second kappa shape index (κ2) is 3.91. The molecule has 3 nitrogen and oxygen atoms in total. The van der Waals surface area contributed by atoms with Crippen molar-refractivity contribution in [3.05, 3.63) is 0 Å². The van der Waals surface area contributed by atoms with Gasteiger partial charge in [0.1, 0.15) is 0 Å². The molecule has 1 aliphatic rings. The van der Waals surface area contributed by atoms with E-state index in [0.29, 0.717) is 6.10 Å². The predicted octanol–water partition coefficient (Wildman–Crippen LogP) is 0.357. The number of likely N-dealkylation sites (N-methyl/N-ethyl adjacent to an activating group) is 1. The number of hydrogen-bond acceptors (Lipinski definition) is 3. The van der Waals surface area contributed by atoms with E-state index in [2.05, 4.69) is 12.2 Å². The minimum atomic E-state index is -0.0336. The Hall–Kier alpha value is -0.120. The van der Waals surface area contributed by atoms with Gasteiger partial charge < -0.3 is 14.8 Å². The van der Waals surface area contributed by atoms with E-state index >= 15 is 0 Å². The summed E-state index contributed by atoms with van der Waals surface area (Å²) in [6.07, 6.45) is 1.33. The molecular weight excluding hydrogens is 130 g/mol. The smallest absolute Gasteiger partial charge is 0.170 e. The van der Waals surface area contributed by atoms with E-state index in [9.17, 15) is 0 Å².